The van der Waals surface area contributed by atoms with Crippen molar-refractivity contribution in [2.45, 2.75) is 45.3 Å². The Morgan fingerprint density at radius 1 is 1.47 bits per heavy atom. The van der Waals surface area contributed by atoms with Crippen LogP contribution in [0, 0.1) is 0 Å². The number of hydrogen-bond acceptors (Lipinski definition) is 3. The first-order valence-electron chi connectivity index (χ1n) is 6.61. The number of hydrogen-bond donors (Lipinski definition) is 1. The zero-order valence-corrected chi connectivity index (χ0v) is 10.9. The highest BCUT2D eigenvalue weighted by Gasteiger charge is 2.22. The van der Waals surface area contributed by atoms with E-state index < -0.39 is 0 Å². The van der Waals surface area contributed by atoms with Crippen LogP contribution in [0.2, 0.25) is 0 Å². The van der Waals surface area contributed by atoms with Crippen LogP contribution in [0.3, 0.4) is 0 Å². The molecule has 17 heavy (non-hydrogen) atoms. The predicted molar refractivity (Wildman–Crippen MR) is 67.7 cm³/mol. The average molecular weight is 237 g/mol. The van der Waals surface area contributed by atoms with Crippen LogP contribution in [0.4, 0.5) is 0 Å². The Hall–Kier alpha value is -0.870. The standard InChI is InChI=1S/C13H23N3O/c1-3-16-7-5-4-6-12(16)8-11-9-13(10-17)15(2)14-11/h9,12,17H,3-8,10H2,1-2H3. The summed E-state index contributed by atoms with van der Waals surface area (Å²) in [5.41, 5.74) is 2.01. The second-order valence-electron chi connectivity index (χ2n) is 4.89. The number of aliphatic hydroxyl groups is 1. The van der Waals surface area contributed by atoms with Crippen LogP contribution in [0.25, 0.3) is 0 Å². The second kappa shape index (κ2) is 5.65. The van der Waals surface area contributed by atoms with Crippen molar-refractivity contribution in [1.82, 2.24) is 14.7 Å². The highest BCUT2D eigenvalue weighted by atomic mass is 16.3. The molecule has 96 valence electrons. The van der Waals surface area contributed by atoms with Crippen LogP contribution in [-0.2, 0) is 20.1 Å². The Morgan fingerprint density at radius 3 is 2.94 bits per heavy atom. The van der Waals surface area contributed by atoms with Gasteiger partial charge in [-0.25, -0.2) is 0 Å². The van der Waals surface area contributed by atoms with Crippen LogP contribution >= 0.6 is 0 Å². The van der Waals surface area contributed by atoms with Crippen molar-refractivity contribution in [2.75, 3.05) is 13.1 Å². The molecule has 1 atom stereocenters. The van der Waals surface area contributed by atoms with E-state index in [0.29, 0.717) is 6.04 Å². The Kier molecular flexibility index (Phi) is 4.18. The van der Waals surface area contributed by atoms with Crippen LogP contribution in [0.1, 0.15) is 37.6 Å². The van der Waals surface area contributed by atoms with Crippen molar-refractivity contribution in [2.24, 2.45) is 7.05 Å². The lowest BCUT2D eigenvalue weighted by Gasteiger charge is -2.34. The first-order chi connectivity index (χ1) is 8.24. The molecule has 1 aliphatic rings. The van der Waals surface area contributed by atoms with Crippen molar-refractivity contribution in [3.05, 3.63) is 17.5 Å². The van der Waals surface area contributed by atoms with Gasteiger partial charge in [-0.05, 0) is 32.0 Å². The van der Waals surface area contributed by atoms with Gasteiger partial charge in [-0.3, -0.25) is 4.68 Å². The predicted octanol–water partition coefficient (Wildman–Crippen LogP) is 1.33. The lowest BCUT2D eigenvalue weighted by atomic mass is 9.98. The quantitative estimate of drug-likeness (QED) is 0.859. The normalized spacial score (nSPS) is 21.9. The van der Waals surface area contributed by atoms with E-state index in [1.807, 2.05) is 13.1 Å². The fraction of sp³-hybridized carbons (Fsp3) is 0.769. The summed E-state index contributed by atoms with van der Waals surface area (Å²) >= 11 is 0. The maximum atomic E-state index is 9.16. The summed E-state index contributed by atoms with van der Waals surface area (Å²) in [6, 6.07) is 2.66. The smallest absolute Gasteiger partial charge is 0.0849 e. The van der Waals surface area contributed by atoms with E-state index in [-0.39, 0.29) is 6.61 Å². The molecule has 1 aromatic rings. The lowest BCUT2D eigenvalue weighted by Crippen LogP contribution is -2.40. The number of aryl methyl sites for hydroxylation is 1. The maximum absolute atomic E-state index is 9.16. The maximum Gasteiger partial charge on any atom is 0.0849 e. The summed E-state index contributed by atoms with van der Waals surface area (Å²) in [6.45, 7) is 4.66. The van der Waals surface area contributed by atoms with Gasteiger partial charge in [0.1, 0.15) is 0 Å². The monoisotopic (exact) mass is 237 g/mol. The average Bonchev–Trinajstić information content (AvgIpc) is 2.70. The third-order valence-corrected chi connectivity index (χ3v) is 3.79. The molecule has 4 nitrogen and oxygen atoms in total. The molecule has 2 rings (SSSR count). The molecule has 0 bridgehead atoms. The van der Waals surface area contributed by atoms with Gasteiger partial charge in [-0.15, -0.1) is 0 Å². The van der Waals surface area contributed by atoms with Gasteiger partial charge in [-0.1, -0.05) is 13.3 Å². The minimum Gasteiger partial charge on any atom is -0.390 e. The molecule has 0 radical (unpaired) electrons. The van der Waals surface area contributed by atoms with Gasteiger partial charge in [0.05, 0.1) is 18.0 Å². The minimum atomic E-state index is 0.0751. The van der Waals surface area contributed by atoms with Gasteiger partial charge in [0.15, 0.2) is 0 Å². The first kappa shape index (κ1) is 12.6. The van der Waals surface area contributed by atoms with E-state index in [0.717, 1.165) is 24.4 Å². The topological polar surface area (TPSA) is 41.3 Å². The van der Waals surface area contributed by atoms with Gasteiger partial charge in [0.2, 0.25) is 0 Å². The highest BCUT2D eigenvalue weighted by molar-refractivity contribution is 5.11. The van der Waals surface area contributed by atoms with Crippen molar-refractivity contribution in [3.63, 3.8) is 0 Å². The Morgan fingerprint density at radius 2 is 2.29 bits per heavy atom. The number of likely N-dealkylation sites (N-methyl/N-ethyl adjacent to an activating group) is 1. The van der Waals surface area contributed by atoms with Crippen molar-refractivity contribution < 1.29 is 5.11 Å². The Bertz CT molecular complexity index is 362. The molecule has 1 unspecified atom stereocenters. The van der Waals surface area contributed by atoms with E-state index in [2.05, 4.69) is 16.9 Å². The number of aromatic nitrogens is 2. The molecule has 1 aliphatic heterocycles. The number of rotatable bonds is 4. The molecule has 1 saturated heterocycles. The van der Waals surface area contributed by atoms with Gasteiger partial charge in [0, 0.05) is 19.5 Å². The summed E-state index contributed by atoms with van der Waals surface area (Å²) in [5, 5.41) is 13.6. The van der Waals surface area contributed by atoms with Gasteiger partial charge in [-0.2, -0.15) is 5.10 Å². The highest BCUT2D eigenvalue weighted by Crippen LogP contribution is 2.20. The first-order valence-corrected chi connectivity index (χ1v) is 6.61. The second-order valence-corrected chi connectivity index (χ2v) is 4.89. The summed E-state index contributed by atoms with van der Waals surface area (Å²) in [7, 11) is 1.90. The summed E-state index contributed by atoms with van der Waals surface area (Å²) in [4.78, 5) is 2.55. The molecule has 1 N–H and O–H groups in total. The molecule has 4 heteroatoms. The molecular formula is C13H23N3O. The van der Waals surface area contributed by atoms with Crippen LogP contribution in [0.5, 0.6) is 0 Å². The third-order valence-electron chi connectivity index (χ3n) is 3.79. The molecule has 0 amide bonds. The molecule has 2 heterocycles. The molecular weight excluding hydrogens is 214 g/mol. The molecule has 0 aliphatic carbocycles. The molecule has 0 saturated carbocycles. The summed E-state index contributed by atoms with van der Waals surface area (Å²) < 4.78 is 1.79. The van der Waals surface area contributed by atoms with Crippen LogP contribution in [-0.4, -0.2) is 38.9 Å². The van der Waals surface area contributed by atoms with Crippen LogP contribution in [0.15, 0.2) is 6.07 Å². The van der Waals surface area contributed by atoms with Gasteiger partial charge >= 0.3 is 0 Å². The van der Waals surface area contributed by atoms with Gasteiger partial charge < -0.3 is 10.0 Å². The van der Waals surface area contributed by atoms with E-state index >= 15 is 0 Å². The van der Waals surface area contributed by atoms with E-state index in [1.54, 1.807) is 4.68 Å². The minimum absolute atomic E-state index is 0.0751. The molecule has 0 aromatic carbocycles. The van der Waals surface area contributed by atoms with Gasteiger partial charge in [0.25, 0.3) is 0 Å². The van der Waals surface area contributed by atoms with Crippen molar-refractivity contribution >= 4 is 0 Å². The molecule has 1 fully saturated rings. The summed E-state index contributed by atoms with van der Waals surface area (Å²) in [5.74, 6) is 0. The fourth-order valence-corrected chi connectivity index (χ4v) is 2.77. The SMILES string of the molecule is CCN1CCCCC1Cc1cc(CO)n(C)n1. The van der Waals surface area contributed by atoms with E-state index in [4.69, 9.17) is 5.11 Å². The number of likely N-dealkylation sites (tertiary alicyclic amines) is 1. The summed E-state index contributed by atoms with van der Waals surface area (Å²) in [6.07, 6.45) is 4.95. The Labute approximate surface area is 103 Å². The zero-order valence-electron chi connectivity index (χ0n) is 10.9. The van der Waals surface area contributed by atoms with Crippen molar-refractivity contribution in [3.8, 4) is 0 Å². The Balaban J connectivity index is 2.03. The zero-order chi connectivity index (χ0) is 12.3. The number of aliphatic hydroxyl groups excluding tert-OH is 1. The largest absolute Gasteiger partial charge is 0.390 e. The number of nitrogens with zero attached hydrogens (tertiary/aromatic N) is 3. The molecule has 0 spiro atoms. The van der Waals surface area contributed by atoms with Crippen molar-refractivity contribution in [1.29, 1.82) is 0 Å². The third kappa shape index (κ3) is 2.87. The fourth-order valence-electron chi connectivity index (χ4n) is 2.77. The lowest BCUT2D eigenvalue weighted by molar-refractivity contribution is 0.154. The van der Waals surface area contributed by atoms with E-state index in [1.165, 1.54) is 25.8 Å². The van der Waals surface area contributed by atoms with Crippen LogP contribution < -0.4 is 0 Å². The van der Waals surface area contributed by atoms with E-state index in [9.17, 15) is 0 Å². The number of piperidine rings is 1. The molecule has 1 aromatic heterocycles.